The first kappa shape index (κ1) is 20.5. The highest BCUT2D eigenvalue weighted by molar-refractivity contribution is 5.80. The molecule has 0 aliphatic carbocycles. The Hall–Kier alpha value is -2.78. The number of nitrogens with one attached hydrogen (secondary N) is 1. The summed E-state index contributed by atoms with van der Waals surface area (Å²) in [5.41, 5.74) is 1.30. The van der Waals surface area contributed by atoms with Gasteiger partial charge in [0.25, 0.3) is 5.56 Å². The first-order valence-electron chi connectivity index (χ1n) is 10.4. The summed E-state index contributed by atoms with van der Waals surface area (Å²) in [4.78, 5) is 18.5. The second-order valence-corrected chi connectivity index (χ2v) is 7.61. The number of ether oxygens (including phenoxy) is 2. The predicted molar refractivity (Wildman–Crippen MR) is 113 cm³/mol. The van der Waals surface area contributed by atoms with Crippen LogP contribution in [0.15, 0.2) is 29.1 Å². The number of methoxy groups -OCH3 is 2. The minimum atomic E-state index is -0.325. The summed E-state index contributed by atoms with van der Waals surface area (Å²) in [5.74, 6) is 1.42. The van der Waals surface area contributed by atoms with Crippen LogP contribution in [0.25, 0.3) is 10.9 Å². The summed E-state index contributed by atoms with van der Waals surface area (Å²) in [5, 5.41) is 13.3. The molecule has 30 heavy (non-hydrogen) atoms. The van der Waals surface area contributed by atoms with E-state index in [4.69, 9.17) is 9.47 Å². The van der Waals surface area contributed by atoms with Crippen molar-refractivity contribution >= 4 is 10.9 Å². The van der Waals surface area contributed by atoms with E-state index in [-0.39, 0.29) is 11.6 Å². The Morgan fingerprint density at radius 3 is 2.67 bits per heavy atom. The van der Waals surface area contributed by atoms with Crippen LogP contribution in [0.5, 0.6) is 5.75 Å². The largest absolute Gasteiger partial charge is 0.497 e. The highest BCUT2D eigenvalue weighted by atomic mass is 16.5. The number of fused-ring (bicyclic) bond motifs is 1. The van der Waals surface area contributed by atoms with Crippen LogP contribution in [0.2, 0.25) is 0 Å². The van der Waals surface area contributed by atoms with Gasteiger partial charge in [-0.15, -0.1) is 5.10 Å². The van der Waals surface area contributed by atoms with Gasteiger partial charge in [-0.3, -0.25) is 9.69 Å². The average molecular weight is 412 g/mol. The van der Waals surface area contributed by atoms with Crippen molar-refractivity contribution in [1.82, 2.24) is 30.1 Å². The van der Waals surface area contributed by atoms with E-state index in [1.807, 2.05) is 24.3 Å². The summed E-state index contributed by atoms with van der Waals surface area (Å²) in [6, 6.07) is 7.26. The van der Waals surface area contributed by atoms with Crippen LogP contribution in [0.3, 0.4) is 0 Å². The number of hydrogen-bond acceptors (Lipinski definition) is 7. The molecular weight excluding hydrogens is 384 g/mol. The molecule has 2 aromatic heterocycles. The van der Waals surface area contributed by atoms with Crippen molar-refractivity contribution in [3.05, 3.63) is 46.0 Å². The second-order valence-electron chi connectivity index (χ2n) is 7.61. The highest BCUT2D eigenvalue weighted by Crippen LogP contribution is 2.29. The van der Waals surface area contributed by atoms with Crippen molar-refractivity contribution in [3.63, 3.8) is 0 Å². The Balaban J connectivity index is 1.84. The van der Waals surface area contributed by atoms with Gasteiger partial charge >= 0.3 is 0 Å². The summed E-state index contributed by atoms with van der Waals surface area (Å²) >= 11 is 0. The van der Waals surface area contributed by atoms with Crippen molar-refractivity contribution in [2.75, 3.05) is 33.9 Å². The van der Waals surface area contributed by atoms with Crippen molar-refractivity contribution in [1.29, 1.82) is 0 Å². The van der Waals surface area contributed by atoms with E-state index < -0.39 is 0 Å². The van der Waals surface area contributed by atoms with Crippen molar-refractivity contribution in [2.24, 2.45) is 0 Å². The van der Waals surface area contributed by atoms with E-state index in [1.54, 1.807) is 18.9 Å². The lowest BCUT2D eigenvalue weighted by Crippen LogP contribution is -2.36. The fourth-order valence-corrected chi connectivity index (χ4v) is 4.13. The molecule has 1 atom stereocenters. The van der Waals surface area contributed by atoms with Crippen LogP contribution >= 0.6 is 0 Å². The Morgan fingerprint density at radius 2 is 1.93 bits per heavy atom. The molecule has 1 aliphatic heterocycles. The topological polar surface area (TPSA) is 98.2 Å². The second kappa shape index (κ2) is 9.36. The van der Waals surface area contributed by atoms with E-state index in [1.165, 1.54) is 12.8 Å². The predicted octanol–water partition coefficient (Wildman–Crippen LogP) is 2.13. The highest BCUT2D eigenvalue weighted by Gasteiger charge is 2.30. The first-order valence-corrected chi connectivity index (χ1v) is 10.4. The molecule has 0 radical (unpaired) electrons. The van der Waals surface area contributed by atoms with Gasteiger partial charge in [0.2, 0.25) is 0 Å². The molecule has 1 fully saturated rings. The Bertz CT molecular complexity index is 1040. The number of H-pyrrole nitrogens is 1. The SMILES string of the molecule is COCCn1nnnc1[C@@H](c1cc2cc(OC)ccc2[nH]c1=O)N1CCCCCC1. The maximum atomic E-state index is 13.2. The minimum Gasteiger partial charge on any atom is -0.497 e. The smallest absolute Gasteiger partial charge is 0.253 e. The third kappa shape index (κ3) is 4.22. The number of aromatic amines is 1. The number of rotatable bonds is 7. The van der Waals surface area contributed by atoms with Crippen molar-refractivity contribution in [2.45, 2.75) is 38.3 Å². The van der Waals surface area contributed by atoms with Gasteiger partial charge in [0.1, 0.15) is 11.8 Å². The zero-order chi connectivity index (χ0) is 20.9. The summed E-state index contributed by atoms with van der Waals surface area (Å²) in [7, 11) is 3.29. The van der Waals surface area contributed by atoms with E-state index in [0.29, 0.717) is 24.5 Å². The van der Waals surface area contributed by atoms with Gasteiger partial charge in [-0.25, -0.2) is 4.68 Å². The molecule has 1 aromatic carbocycles. The molecule has 9 nitrogen and oxygen atoms in total. The van der Waals surface area contributed by atoms with E-state index in [2.05, 4.69) is 25.4 Å². The van der Waals surface area contributed by atoms with Crippen LogP contribution in [0.1, 0.15) is 43.1 Å². The quantitative estimate of drug-likeness (QED) is 0.635. The first-order chi connectivity index (χ1) is 14.7. The van der Waals surface area contributed by atoms with Crippen LogP contribution in [0, 0.1) is 0 Å². The molecule has 1 aliphatic rings. The molecule has 160 valence electrons. The number of hydrogen-bond donors (Lipinski definition) is 1. The zero-order valence-corrected chi connectivity index (χ0v) is 17.5. The molecular formula is C21H28N6O3. The fraction of sp³-hybridized carbons (Fsp3) is 0.524. The normalized spacial score (nSPS) is 16.5. The van der Waals surface area contributed by atoms with Crippen molar-refractivity contribution < 1.29 is 9.47 Å². The molecule has 0 saturated carbocycles. The van der Waals surface area contributed by atoms with Gasteiger partial charge in [0.15, 0.2) is 5.82 Å². The van der Waals surface area contributed by atoms with E-state index in [9.17, 15) is 4.79 Å². The number of tetrazole rings is 1. The molecule has 1 saturated heterocycles. The third-order valence-corrected chi connectivity index (χ3v) is 5.69. The number of aromatic nitrogens is 5. The maximum absolute atomic E-state index is 13.2. The Labute approximate surface area is 175 Å². The average Bonchev–Trinajstić information content (AvgIpc) is 3.05. The van der Waals surface area contributed by atoms with Crippen LogP contribution in [-0.4, -0.2) is 64.0 Å². The van der Waals surface area contributed by atoms with Gasteiger partial charge in [0.05, 0.1) is 20.3 Å². The lowest BCUT2D eigenvalue weighted by atomic mass is 10.0. The number of benzene rings is 1. The van der Waals surface area contributed by atoms with Crippen LogP contribution < -0.4 is 10.3 Å². The maximum Gasteiger partial charge on any atom is 0.253 e. The molecule has 3 aromatic rings. The Kier molecular flexibility index (Phi) is 6.39. The lowest BCUT2D eigenvalue weighted by molar-refractivity contribution is 0.175. The molecule has 3 heterocycles. The van der Waals surface area contributed by atoms with Gasteiger partial charge in [-0.1, -0.05) is 12.8 Å². The van der Waals surface area contributed by atoms with E-state index >= 15 is 0 Å². The molecule has 0 bridgehead atoms. The zero-order valence-electron chi connectivity index (χ0n) is 17.5. The molecule has 4 rings (SSSR count). The van der Waals surface area contributed by atoms with Gasteiger partial charge in [-0.05, 0) is 60.6 Å². The molecule has 0 unspecified atom stereocenters. The van der Waals surface area contributed by atoms with Crippen molar-refractivity contribution in [3.8, 4) is 5.75 Å². The summed E-state index contributed by atoms with van der Waals surface area (Å²) in [6.07, 6.45) is 4.58. The fourth-order valence-electron chi connectivity index (χ4n) is 4.13. The van der Waals surface area contributed by atoms with E-state index in [0.717, 1.165) is 42.6 Å². The third-order valence-electron chi connectivity index (χ3n) is 5.69. The minimum absolute atomic E-state index is 0.122. The summed E-state index contributed by atoms with van der Waals surface area (Å²) < 4.78 is 12.3. The van der Waals surface area contributed by atoms with Crippen LogP contribution in [0.4, 0.5) is 0 Å². The lowest BCUT2D eigenvalue weighted by Gasteiger charge is -2.29. The number of likely N-dealkylation sites (tertiary alicyclic amines) is 1. The summed E-state index contributed by atoms with van der Waals surface area (Å²) in [6.45, 7) is 2.83. The Morgan fingerprint density at radius 1 is 1.13 bits per heavy atom. The molecule has 9 heteroatoms. The molecule has 0 amide bonds. The standard InChI is InChI=1S/C21H28N6O3/c1-29-12-11-27-20(23-24-25-27)19(26-9-5-3-4-6-10-26)17-14-15-13-16(30-2)7-8-18(15)22-21(17)28/h7-8,13-14,19H,3-6,9-12H2,1-2H3,(H,22,28)/t19-/m1/s1. The van der Waals surface area contributed by atoms with Gasteiger partial charge in [0, 0.05) is 23.6 Å². The molecule has 0 spiro atoms. The molecule has 1 N–H and O–H groups in total. The number of pyridine rings is 1. The monoisotopic (exact) mass is 412 g/mol. The van der Waals surface area contributed by atoms with Gasteiger partial charge < -0.3 is 14.5 Å². The van der Waals surface area contributed by atoms with Gasteiger partial charge in [-0.2, -0.15) is 0 Å². The van der Waals surface area contributed by atoms with Crippen LogP contribution in [-0.2, 0) is 11.3 Å². The number of nitrogens with zero attached hydrogens (tertiary/aromatic N) is 5.